The summed E-state index contributed by atoms with van der Waals surface area (Å²) in [4.78, 5) is 11.6. The first-order chi connectivity index (χ1) is 11.3. The van der Waals surface area contributed by atoms with Gasteiger partial charge in [0, 0.05) is 17.7 Å². The molecule has 0 saturated carbocycles. The number of ether oxygens (including phenoxy) is 1. The first-order valence-corrected chi connectivity index (χ1v) is 6.57. The van der Waals surface area contributed by atoms with Crippen molar-refractivity contribution in [3.63, 3.8) is 0 Å². The number of aryl methyl sites for hydroxylation is 1. The lowest BCUT2D eigenvalue weighted by atomic mass is 10.1. The Labute approximate surface area is 134 Å². The fourth-order valence-electron chi connectivity index (χ4n) is 1.78. The molecule has 0 N–H and O–H groups in total. The van der Waals surface area contributed by atoms with Crippen molar-refractivity contribution >= 4 is 11.8 Å². The fourth-order valence-corrected chi connectivity index (χ4v) is 1.78. The largest absolute Gasteiger partial charge is 0.421 e. The van der Waals surface area contributed by atoms with Crippen LogP contribution in [0.25, 0.3) is 5.83 Å². The first kappa shape index (κ1) is 17.2. The minimum absolute atomic E-state index is 0.188. The number of carbonyl (C=O) groups is 1. The molecule has 0 radical (unpaired) electrons. The Morgan fingerprint density at radius 2 is 1.62 bits per heavy atom. The molecule has 0 heterocycles. The van der Waals surface area contributed by atoms with E-state index in [2.05, 4.69) is 4.74 Å². The number of halogens is 4. The summed E-state index contributed by atoms with van der Waals surface area (Å²) in [6.07, 6.45) is 0. The molecule has 0 amide bonds. The lowest BCUT2D eigenvalue weighted by molar-refractivity contribution is -0.131. The van der Waals surface area contributed by atoms with Gasteiger partial charge in [-0.05, 0) is 6.92 Å². The van der Waals surface area contributed by atoms with E-state index in [0.717, 1.165) is 5.56 Å². The van der Waals surface area contributed by atoms with E-state index in [4.69, 9.17) is 5.26 Å². The third-order valence-electron chi connectivity index (χ3n) is 3.01. The average Bonchev–Trinajstić information content (AvgIpc) is 2.54. The first-order valence-electron chi connectivity index (χ1n) is 6.57. The molecule has 0 spiro atoms. The van der Waals surface area contributed by atoms with E-state index in [1.165, 1.54) is 30.3 Å². The van der Waals surface area contributed by atoms with Crippen LogP contribution in [0.4, 0.5) is 17.6 Å². The van der Waals surface area contributed by atoms with Crippen molar-refractivity contribution in [3.05, 3.63) is 70.5 Å². The van der Waals surface area contributed by atoms with Crippen LogP contribution in [0.5, 0.6) is 5.75 Å². The van der Waals surface area contributed by atoms with Gasteiger partial charge in [0.1, 0.15) is 29.0 Å². The van der Waals surface area contributed by atoms with Gasteiger partial charge in [0.15, 0.2) is 5.83 Å². The van der Waals surface area contributed by atoms with Gasteiger partial charge >= 0.3 is 5.97 Å². The highest BCUT2D eigenvalue weighted by atomic mass is 19.2. The molecule has 2 rings (SSSR count). The van der Waals surface area contributed by atoms with Crippen LogP contribution in [0, 0.1) is 29.9 Å². The van der Waals surface area contributed by atoms with Gasteiger partial charge < -0.3 is 4.74 Å². The summed E-state index contributed by atoms with van der Waals surface area (Å²) >= 11 is 0. The molecule has 7 heteroatoms. The molecule has 24 heavy (non-hydrogen) atoms. The van der Waals surface area contributed by atoms with Crippen molar-refractivity contribution in [2.45, 2.75) is 6.92 Å². The van der Waals surface area contributed by atoms with Gasteiger partial charge in [-0.25, -0.2) is 18.0 Å². The highest BCUT2D eigenvalue weighted by Crippen LogP contribution is 2.25. The molecule has 2 aromatic rings. The Balaban J connectivity index is 2.27. The maximum atomic E-state index is 13.9. The average molecular weight is 335 g/mol. The van der Waals surface area contributed by atoms with Crippen LogP contribution in [0.2, 0.25) is 0 Å². The number of hydrogen-bond acceptors (Lipinski definition) is 3. The quantitative estimate of drug-likeness (QED) is 0.362. The molecule has 0 aromatic heterocycles. The summed E-state index contributed by atoms with van der Waals surface area (Å²) in [6, 6.07) is 7.88. The van der Waals surface area contributed by atoms with Crippen molar-refractivity contribution in [1.82, 2.24) is 0 Å². The Hall–Kier alpha value is -3.14. The van der Waals surface area contributed by atoms with Gasteiger partial charge in [-0.3, -0.25) is 0 Å². The van der Waals surface area contributed by atoms with Crippen LogP contribution in [0.15, 0.2) is 42.2 Å². The molecule has 0 atom stereocenters. The van der Waals surface area contributed by atoms with Gasteiger partial charge in [-0.2, -0.15) is 9.65 Å². The van der Waals surface area contributed by atoms with E-state index in [-0.39, 0.29) is 5.56 Å². The number of benzene rings is 2. The molecule has 2 aromatic carbocycles. The second-order valence-electron chi connectivity index (χ2n) is 4.76. The molecular weight excluding hydrogens is 326 g/mol. The summed E-state index contributed by atoms with van der Waals surface area (Å²) in [5, 5.41) is 8.52. The molecule has 0 unspecified atom stereocenters. The smallest absolute Gasteiger partial charge is 0.375 e. The number of carbonyl (C=O) groups excluding carboxylic acids is 1. The summed E-state index contributed by atoms with van der Waals surface area (Å²) in [5.74, 6) is -8.33. The van der Waals surface area contributed by atoms with Crippen LogP contribution in [0.1, 0.15) is 16.7 Å². The standard InChI is InChI=1S/C17H9F4NO2/c1-9-2-4-10(5-3-9)15(20)16(21)17(23)24-11-6-13(18)12(8-22)14(19)7-11/h2-7H,1H3/b16-15-. The van der Waals surface area contributed by atoms with Gasteiger partial charge in [0.2, 0.25) is 5.83 Å². The Morgan fingerprint density at radius 1 is 1.08 bits per heavy atom. The summed E-state index contributed by atoms with van der Waals surface area (Å²) in [6.45, 7) is 1.74. The van der Waals surface area contributed by atoms with Crippen LogP contribution in [-0.4, -0.2) is 5.97 Å². The molecule has 122 valence electrons. The summed E-state index contributed by atoms with van der Waals surface area (Å²) in [7, 11) is 0. The maximum absolute atomic E-state index is 13.9. The van der Waals surface area contributed by atoms with Crippen LogP contribution in [0.3, 0.4) is 0 Å². The van der Waals surface area contributed by atoms with E-state index in [9.17, 15) is 22.4 Å². The van der Waals surface area contributed by atoms with Crippen molar-refractivity contribution in [3.8, 4) is 11.8 Å². The number of nitrogens with zero attached hydrogens (tertiary/aromatic N) is 1. The zero-order valence-electron chi connectivity index (χ0n) is 12.2. The van der Waals surface area contributed by atoms with Gasteiger partial charge in [0.05, 0.1) is 0 Å². The molecule has 0 aliphatic carbocycles. The normalized spacial score (nSPS) is 11.5. The number of rotatable bonds is 3. The van der Waals surface area contributed by atoms with E-state index >= 15 is 0 Å². The van der Waals surface area contributed by atoms with Crippen molar-refractivity contribution < 1.29 is 27.1 Å². The predicted octanol–water partition coefficient (Wildman–Crippen LogP) is 4.36. The Morgan fingerprint density at radius 3 is 2.12 bits per heavy atom. The van der Waals surface area contributed by atoms with Crippen LogP contribution in [-0.2, 0) is 4.79 Å². The fraction of sp³-hybridized carbons (Fsp3) is 0.0588. The second kappa shape index (κ2) is 6.96. The molecule has 3 nitrogen and oxygen atoms in total. The zero-order valence-corrected chi connectivity index (χ0v) is 12.2. The summed E-state index contributed by atoms with van der Waals surface area (Å²) < 4.78 is 58.9. The molecule has 0 saturated heterocycles. The summed E-state index contributed by atoms with van der Waals surface area (Å²) in [5.41, 5.74) is -0.262. The lowest BCUT2D eigenvalue weighted by Gasteiger charge is -2.06. The maximum Gasteiger partial charge on any atom is 0.375 e. The highest BCUT2D eigenvalue weighted by molar-refractivity contribution is 5.94. The molecule has 0 aliphatic rings. The third kappa shape index (κ3) is 3.60. The Kier molecular flexibility index (Phi) is 4.99. The molecule has 0 aliphatic heterocycles. The second-order valence-corrected chi connectivity index (χ2v) is 4.76. The van der Waals surface area contributed by atoms with Crippen LogP contribution < -0.4 is 4.74 Å². The predicted molar refractivity (Wildman–Crippen MR) is 77.0 cm³/mol. The highest BCUT2D eigenvalue weighted by Gasteiger charge is 2.21. The molecule has 0 fully saturated rings. The lowest BCUT2D eigenvalue weighted by Crippen LogP contribution is -2.10. The van der Waals surface area contributed by atoms with Crippen LogP contribution >= 0.6 is 0 Å². The van der Waals surface area contributed by atoms with Gasteiger partial charge in [-0.1, -0.05) is 29.8 Å². The van der Waals surface area contributed by atoms with E-state index < -0.39 is 40.6 Å². The van der Waals surface area contributed by atoms with E-state index in [1.807, 2.05) is 0 Å². The number of nitriles is 1. The van der Waals surface area contributed by atoms with Gasteiger partial charge in [0.25, 0.3) is 0 Å². The Bertz CT molecular complexity index is 844. The minimum Gasteiger partial charge on any atom is -0.421 e. The van der Waals surface area contributed by atoms with Gasteiger partial charge in [-0.15, -0.1) is 0 Å². The number of hydrogen-bond donors (Lipinski definition) is 0. The zero-order chi connectivity index (χ0) is 17.9. The van der Waals surface area contributed by atoms with E-state index in [1.54, 1.807) is 6.92 Å². The third-order valence-corrected chi connectivity index (χ3v) is 3.01. The van der Waals surface area contributed by atoms with Crippen molar-refractivity contribution in [2.24, 2.45) is 0 Å². The van der Waals surface area contributed by atoms with E-state index in [0.29, 0.717) is 12.1 Å². The molecular formula is C17H9F4NO2. The van der Waals surface area contributed by atoms with Crippen molar-refractivity contribution in [1.29, 1.82) is 5.26 Å². The SMILES string of the molecule is Cc1ccc(/C(F)=C(/F)C(=O)Oc2cc(F)c(C#N)c(F)c2)cc1. The monoisotopic (exact) mass is 335 g/mol. The minimum atomic E-state index is -1.84. The topological polar surface area (TPSA) is 50.1 Å². The number of esters is 1. The molecule has 0 bridgehead atoms. The van der Waals surface area contributed by atoms with Crippen molar-refractivity contribution in [2.75, 3.05) is 0 Å².